The first-order valence-corrected chi connectivity index (χ1v) is 4.35. The minimum atomic E-state index is -4.30. The van der Waals surface area contributed by atoms with E-state index in [4.69, 9.17) is 26.5 Å². The lowest BCUT2D eigenvalue weighted by molar-refractivity contribution is 0.197. The van der Waals surface area contributed by atoms with Crippen LogP contribution in [0, 0.1) is 0 Å². The summed E-state index contributed by atoms with van der Waals surface area (Å²) in [6.07, 6.45) is -1.19. The molecule has 0 aliphatic heterocycles. The van der Waals surface area contributed by atoms with Gasteiger partial charge in [0.05, 0.1) is 6.10 Å². The molecule has 0 fully saturated rings. The maximum Gasteiger partial charge on any atom is 0.345 e. The van der Waals surface area contributed by atoms with Crippen molar-refractivity contribution < 1.29 is 19.5 Å². The summed E-state index contributed by atoms with van der Waals surface area (Å²) in [6, 6.07) is 0. The molecule has 0 aromatic carbocycles. The Hall–Kier alpha value is 0.400. The van der Waals surface area contributed by atoms with Crippen LogP contribution in [0.25, 0.3) is 0 Å². The lowest BCUT2D eigenvalue weighted by Gasteiger charge is -2.12. The van der Waals surface area contributed by atoms with Crippen molar-refractivity contribution >= 4 is 19.2 Å². The third-order valence-electron chi connectivity index (χ3n) is 0.719. The van der Waals surface area contributed by atoms with Gasteiger partial charge in [-0.3, -0.25) is 4.57 Å². The third kappa shape index (κ3) is 3.18. The van der Waals surface area contributed by atoms with Crippen molar-refractivity contribution in [2.45, 2.75) is 18.1 Å². The van der Waals surface area contributed by atoms with E-state index in [0.717, 1.165) is 0 Å². The molecular formula is C3H8ClO4P. The second kappa shape index (κ2) is 2.99. The van der Waals surface area contributed by atoms with Gasteiger partial charge in [0.1, 0.15) is 0 Å². The average Bonchev–Trinajstić information content (AvgIpc) is 1.62. The Balaban J connectivity index is 4.05. The fourth-order valence-electron chi connectivity index (χ4n) is 0.281. The predicted octanol–water partition coefficient (Wildman–Crippen LogP) is 0.110. The first-order valence-electron chi connectivity index (χ1n) is 2.23. The number of aliphatic hydroxyl groups is 1. The van der Waals surface area contributed by atoms with Gasteiger partial charge >= 0.3 is 7.60 Å². The van der Waals surface area contributed by atoms with Crippen molar-refractivity contribution in [3.05, 3.63) is 0 Å². The Kier molecular flexibility index (Phi) is 3.12. The van der Waals surface area contributed by atoms with Gasteiger partial charge in [0, 0.05) is 0 Å². The molecule has 0 spiro atoms. The molecule has 3 N–H and O–H groups in total. The molecule has 0 aliphatic rings. The third-order valence-corrected chi connectivity index (χ3v) is 2.92. The molecule has 0 amide bonds. The Labute approximate surface area is 57.6 Å². The molecule has 56 valence electrons. The van der Waals surface area contributed by atoms with Crippen molar-refractivity contribution in [2.75, 3.05) is 0 Å². The van der Waals surface area contributed by atoms with E-state index in [1.165, 1.54) is 6.92 Å². The Morgan fingerprint density at radius 1 is 1.56 bits per heavy atom. The summed E-state index contributed by atoms with van der Waals surface area (Å²) in [7, 11) is -4.30. The number of hydrogen-bond donors (Lipinski definition) is 3. The molecule has 0 aromatic rings. The topological polar surface area (TPSA) is 77.8 Å². The predicted molar refractivity (Wildman–Crippen MR) is 33.4 cm³/mol. The monoisotopic (exact) mass is 174 g/mol. The standard InChI is InChI=1S/C3H8ClO4P/c1-2(5)3(4)9(6,7)8/h2-3,5H,1H3,(H2,6,7,8)/t2-,3-/m0/s1. The summed E-state index contributed by atoms with van der Waals surface area (Å²) >= 11 is 5.08. The highest BCUT2D eigenvalue weighted by Crippen LogP contribution is 2.44. The zero-order valence-corrected chi connectivity index (χ0v) is 6.38. The summed E-state index contributed by atoms with van der Waals surface area (Å²) in [6.45, 7) is 1.22. The van der Waals surface area contributed by atoms with Crippen molar-refractivity contribution in [3.8, 4) is 0 Å². The van der Waals surface area contributed by atoms with Crippen LogP contribution >= 0.6 is 19.2 Å². The minimum absolute atomic E-state index is 1.19. The van der Waals surface area contributed by atoms with Crippen LogP contribution in [-0.2, 0) is 4.57 Å². The fraction of sp³-hybridized carbons (Fsp3) is 1.00. The zero-order chi connectivity index (χ0) is 7.65. The number of alkyl halides is 1. The molecule has 4 nitrogen and oxygen atoms in total. The first kappa shape index (κ1) is 9.40. The largest absolute Gasteiger partial charge is 0.391 e. The number of halogens is 1. The normalized spacial score (nSPS) is 19.2. The number of hydrogen-bond acceptors (Lipinski definition) is 2. The molecule has 9 heavy (non-hydrogen) atoms. The van der Waals surface area contributed by atoms with E-state index in [9.17, 15) is 4.57 Å². The van der Waals surface area contributed by atoms with Gasteiger partial charge in [0.25, 0.3) is 0 Å². The van der Waals surface area contributed by atoms with Crippen molar-refractivity contribution in [1.29, 1.82) is 0 Å². The molecule has 6 heteroatoms. The molecule has 2 atom stereocenters. The maximum atomic E-state index is 10.2. The van der Waals surface area contributed by atoms with Gasteiger partial charge in [-0.05, 0) is 6.92 Å². The van der Waals surface area contributed by atoms with Gasteiger partial charge in [0.2, 0.25) is 0 Å². The highest BCUT2D eigenvalue weighted by molar-refractivity contribution is 7.54. The Morgan fingerprint density at radius 2 is 1.89 bits per heavy atom. The second-order valence-electron chi connectivity index (χ2n) is 1.70. The van der Waals surface area contributed by atoms with Crippen LogP contribution in [0.1, 0.15) is 6.92 Å². The van der Waals surface area contributed by atoms with E-state index in [2.05, 4.69) is 0 Å². The van der Waals surface area contributed by atoms with E-state index in [0.29, 0.717) is 0 Å². The van der Waals surface area contributed by atoms with Crippen LogP contribution in [-0.4, -0.2) is 26.1 Å². The van der Waals surface area contributed by atoms with Gasteiger partial charge in [-0.25, -0.2) is 0 Å². The minimum Gasteiger partial charge on any atom is -0.391 e. The molecule has 0 unspecified atom stereocenters. The quantitative estimate of drug-likeness (QED) is 0.410. The zero-order valence-electron chi connectivity index (χ0n) is 4.73. The van der Waals surface area contributed by atoms with Crippen molar-refractivity contribution in [2.24, 2.45) is 0 Å². The van der Waals surface area contributed by atoms with Crippen molar-refractivity contribution in [1.82, 2.24) is 0 Å². The lowest BCUT2D eigenvalue weighted by Crippen LogP contribution is -2.16. The lowest BCUT2D eigenvalue weighted by atomic mass is 10.5. The molecule has 0 rings (SSSR count). The summed E-state index contributed by atoms with van der Waals surface area (Å²) < 4.78 is 10.2. The molecule has 0 aromatic heterocycles. The molecular weight excluding hydrogens is 166 g/mol. The van der Waals surface area contributed by atoms with E-state index < -0.39 is 18.8 Å². The average molecular weight is 175 g/mol. The van der Waals surface area contributed by atoms with Gasteiger partial charge in [-0.1, -0.05) is 0 Å². The SMILES string of the molecule is C[C@H](O)[C@@H](Cl)P(=O)(O)O. The van der Waals surface area contributed by atoms with Crippen LogP contribution < -0.4 is 0 Å². The summed E-state index contributed by atoms with van der Waals surface area (Å²) in [4.78, 5) is 16.6. The van der Waals surface area contributed by atoms with Crippen LogP contribution in [0.2, 0.25) is 0 Å². The summed E-state index contributed by atoms with van der Waals surface area (Å²) in [5.74, 6) is 0. The molecule has 0 heterocycles. The smallest absolute Gasteiger partial charge is 0.345 e. The Morgan fingerprint density at radius 3 is 1.89 bits per heavy atom. The molecule has 0 bridgehead atoms. The van der Waals surface area contributed by atoms with Crippen molar-refractivity contribution in [3.63, 3.8) is 0 Å². The number of aliphatic hydroxyl groups excluding tert-OH is 1. The first-order chi connectivity index (χ1) is 3.85. The van der Waals surface area contributed by atoms with E-state index >= 15 is 0 Å². The molecule has 0 aliphatic carbocycles. The summed E-state index contributed by atoms with van der Waals surface area (Å²) in [5.41, 5.74) is 0. The van der Waals surface area contributed by atoms with Gasteiger partial charge in [-0.2, -0.15) is 0 Å². The van der Waals surface area contributed by atoms with E-state index in [1.54, 1.807) is 0 Å². The molecule has 0 saturated heterocycles. The van der Waals surface area contributed by atoms with Crippen LogP contribution in [0.4, 0.5) is 0 Å². The van der Waals surface area contributed by atoms with Crippen LogP contribution in [0.5, 0.6) is 0 Å². The van der Waals surface area contributed by atoms with E-state index in [-0.39, 0.29) is 0 Å². The van der Waals surface area contributed by atoms with E-state index in [1.807, 2.05) is 0 Å². The second-order valence-corrected chi connectivity index (χ2v) is 4.21. The Bertz CT molecular complexity index is 130. The van der Waals surface area contributed by atoms with Crippen LogP contribution in [0.15, 0.2) is 0 Å². The molecule has 0 radical (unpaired) electrons. The highest BCUT2D eigenvalue weighted by atomic mass is 35.5. The van der Waals surface area contributed by atoms with Gasteiger partial charge in [0.15, 0.2) is 5.12 Å². The maximum absolute atomic E-state index is 10.2. The van der Waals surface area contributed by atoms with Gasteiger partial charge in [-0.15, -0.1) is 11.6 Å². The highest BCUT2D eigenvalue weighted by Gasteiger charge is 2.30. The summed E-state index contributed by atoms with van der Waals surface area (Å²) in [5, 5.41) is 7.04. The van der Waals surface area contributed by atoms with Crippen LogP contribution in [0.3, 0.4) is 0 Å². The van der Waals surface area contributed by atoms with Gasteiger partial charge < -0.3 is 14.9 Å². The molecule has 0 saturated carbocycles. The fourth-order valence-corrected chi connectivity index (χ4v) is 0.843. The number of rotatable bonds is 2.